The maximum Gasteiger partial charge on any atom is 0.282 e. The van der Waals surface area contributed by atoms with Gasteiger partial charge in [0.05, 0.1) is 18.4 Å². The Hall–Kier alpha value is -3.12. The third-order valence-corrected chi connectivity index (χ3v) is 5.86. The van der Waals surface area contributed by atoms with Crippen molar-refractivity contribution in [3.63, 3.8) is 0 Å². The Kier molecular flexibility index (Phi) is 5.59. The van der Waals surface area contributed by atoms with Gasteiger partial charge < -0.3 is 14.5 Å². The standard InChI is InChI=1S/C24H27N3O3/c1-4-17-5-9-19(10-6-17)27-23(28)21(18-7-11-20(30-3)12-8-18)22(24(27)29)26-15-13-25(2)14-16-26/h5-12H,4,13-16H2,1-3H3. The summed E-state index contributed by atoms with van der Waals surface area (Å²) in [5.41, 5.74) is 3.47. The molecular formula is C24H27N3O3. The average Bonchev–Trinajstić information content (AvgIpc) is 3.04. The lowest BCUT2D eigenvalue weighted by molar-refractivity contribution is -0.120. The van der Waals surface area contributed by atoms with Crippen molar-refractivity contribution in [2.75, 3.05) is 45.2 Å². The monoisotopic (exact) mass is 405 g/mol. The lowest BCUT2D eigenvalue weighted by Gasteiger charge is -2.34. The summed E-state index contributed by atoms with van der Waals surface area (Å²) < 4.78 is 5.25. The first-order chi connectivity index (χ1) is 14.5. The van der Waals surface area contributed by atoms with Crippen LogP contribution in [0, 0.1) is 0 Å². The number of hydrogen-bond acceptors (Lipinski definition) is 5. The van der Waals surface area contributed by atoms with Crippen LogP contribution in [-0.4, -0.2) is 62.0 Å². The fourth-order valence-electron chi connectivity index (χ4n) is 3.97. The first-order valence-electron chi connectivity index (χ1n) is 10.3. The fourth-order valence-corrected chi connectivity index (χ4v) is 3.97. The molecule has 2 aliphatic rings. The summed E-state index contributed by atoms with van der Waals surface area (Å²) in [6.07, 6.45) is 0.907. The molecule has 1 saturated heterocycles. The number of piperazine rings is 1. The van der Waals surface area contributed by atoms with E-state index in [0.29, 0.717) is 35.8 Å². The summed E-state index contributed by atoms with van der Waals surface area (Å²) in [7, 11) is 3.68. The highest BCUT2D eigenvalue weighted by Gasteiger charge is 2.42. The Bertz CT molecular complexity index is 972. The lowest BCUT2D eigenvalue weighted by Crippen LogP contribution is -2.46. The molecular weight excluding hydrogens is 378 g/mol. The van der Waals surface area contributed by atoms with Crippen LogP contribution in [0.15, 0.2) is 54.2 Å². The number of likely N-dealkylation sites (N-methyl/N-ethyl adjacent to an activating group) is 1. The predicted molar refractivity (Wildman–Crippen MR) is 117 cm³/mol. The van der Waals surface area contributed by atoms with Gasteiger partial charge in [-0.15, -0.1) is 0 Å². The third-order valence-electron chi connectivity index (χ3n) is 5.86. The van der Waals surface area contributed by atoms with Crippen molar-refractivity contribution >= 4 is 23.1 Å². The van der Waals surface area contributed by atoms with Gasteiger partial charge in [0.15, 0.2) is 0 Å². The van der Waals surface area contributed by atoms with Crippen molar-refractivity contribution in [2.24, 2.45) is 0 Å². The zero-order valence-corrected chi connectivity index (χ0v) is 17.7. The van der Waals surface area contributed by atoms with Crippen molar-refractivity contribution in [1.82, 2.24) is 9.80 Å². The third kappa shape index (κ3) is 3.59. The lowest BCUT2D eigenvalue weighted by atomic mass is 10.0. The van der Waals surface area contributed by atoms with Gasteiger partial charge in [0, 0.05) is 26.2 Å². The zero-order chi connectivity index (χ0) is 21.3. The average molecular weight is 405 g/mol. The minimum Gasteiger partial charge on any atom is -0.497 e. The molecule has 0 N–H and O–H groups in total. The number of methoxy groups -OCH3 is 1. The van der Waals surface area contributed by atoms with E-state index in [1.165, 1.54) is 10.5 Å². The molecule has 0 spiro atoms. The molecule has 0 atom stereocenters. The van der Waals surface area contributed by atoms with E-state index in [9.17, 15) is 9.59 Å². The second-order valence-corrected chi connectivity index (χ2v) is 7.71. The molecule has 0 aliphatic carbocycles. The highest BCUT2D eigenvalue weighted by Crippen LogP contribution is 2.35. The molecule has 0 radical (unpaired) electrons. The normalized spacial score (nSPS) is 17.8. The van der Waals surface area contributed by atoms with Gasteiger partial charge in [-0.2, -0.15) is 0 Å². The Morgan fingerprint density at radius 2 is 1.50 bits per heavy atom. The number of ether oxygens (including phenoxy) is 1. The van der Waals surface area contributed by atoms with Crippen LogP contribution in [0.2, 0.25) is 0 Å². The summed E-state index contributed by atoms with van der Waals surface area (Å²) in [6, 6.07) is 15.0. The summed E-state index contributed by atoms with van der Waals surface area (Å²) in [6.45, 7) is 5.22. The molecule has 6 heteroatoms. The minimum atomic E-state index is -0.275. The van der Waals surface area contributed by atoms with Gasteiger partial charge in [0.2, 0.25) is 0 Å². The molecule has 0 bridgehead atoms. The van der Waals surface area contributed by atoms with Crippen LogP contribution in [0.25, 0.3) is 5.57 Å². The number of aryl methyl sites for hydroxylation is 1. The molecule has 1 fully saturated rings. The van der Waals surface area contributed by atoms with E-state index in [1.807, 2.05) is 48.5 Å². The van der Waals surface area contributed by atoms with Gasteiger partial charge in [-0.1, -0.05) is 31.2 Å². The van der Waals surface area contributed by atoms with Crippen LogP contribution in [0.3, 0.4) is 0 Å². The van der Waals surface area contributed by atoms with Crippen molar-refractivity contribution in [1.29, 1.82) is 0 Å². The number of nitrogens with zero attached hydrogens (tertiary/aromatic N) is 3. The number of carbonyl (C=O) groups excluding carboxylic acids is 2. The smallest absolute Gasteiger partial charge is 0.282 e. The van der Waals surface area contributed by atoms with Crippen LogP contribution >= 0.6 is 0 Å². The molecule has 2 aliphatic heterocycles. The van der Waals surface area contributed by atoms with E-state index in [0.717, 1.165) is 25.1 Å². The molecule has 4 rings (SSSR count). The fraction of sp³-hybridized carbons (Fsp3) is 0.333. The predicted octanol–water partition coefficient (Wildman–Crippen LogP) is 2.79. The van der Waals surface area contributed by atoms with E-state index in [-0.39, 0.29) is 11.8 Å². The Morgan fingerprint density at radius 1 is 0.867 bits per heavy atom. The van der Waals surface area contributed by atoms with Gasteiger partial charge in [0.1, 0.15) is 11.4 Å². The number of rotatable bonds is 5. The topological polar surface area (TPSA) is 53.1 Å². The molecule has 2 heterocycles. The second kappa shape index (κ2) is 8.32. The largest absolute Gasteiger partial charge is 0.497 e. The molecule has 156 valence electrons. The number of hydrogen-bond donors (Lipinski definition) is 0. The summed E-state index contributed by atoms with van der Waals surface area (Å²) in [4.78, 5) is 32.6. The number of anilines is 1. The van der Waals surface area contributed by atoms with Gasteiger partial charge >= 0.3 is 0 Å². The van der Waals surface area contributed by atoms with E-state index in [4.69, 9.17) is 4.74 Å². The summed E-state index contributed by atoms with van der Waals surface area (Å²) in [5, 5.41) is 0. The maximum atomic E-state index is 13.5. The Morgan fingerprint density at radius 3 is 2.07 bits per heavy atom. The molecule has 6 nitrogen and oxygen atoms in total. The zero-order valence-electron chi connectivity index (χ0n) is 17.7. The Balaban J connectivity index is 1.77. The molecule has 30 heavy (non-hydrogen) atoms. The first-order valence-corrected chi connectivity index (χ1v) is 10.3. The van der Waals surface area contributed by atoms with Crippen molar-refractivity contribution in [2.45, 2.75) is 13.3 Å². The number of amides is 2. The van der Waals surface area contributed by atoms with Gasteiger partial charge in [-0.25, -0.2) is 4.90 Å². The second-order valence-electron chi connectivity index (χ2n) is 7.71. The number of carbonyl (C=O) groups is 2. The van der Waals surface area contributed by atoms with Gasteiger partial charge in [-0.3, -0.25) is 9.59 Å². The van der Waals surface area contributed by atoms with Crippen LogP contribution in [0.4, 0.5) is 5.69 Å². The maximum absolute atomic E-state index is 13.5. The Labute approximate surface area is 177 Å². The summed E-state index contributed by atoms with van der Waals surface area (Å²) in [5.74, 6) is 0.187. The molecule has 0 unspecified atom stereocenters. The van der Waals surface area contributed by atoms with Gasteiger partial charge in [-0.05, 0) is 48.9 Å². The molecule has 0 aromatic heterocycles. The number of imide groups is 1. The molecule has 0 saturated carbocycles. The minimum absolute atomic E-state index is 0.250. The van der Waals surface area contributed by atoms with Gasteiger partial charge in [0.25, 0.3) is 11.8 Å². The van der Waals surface area contributed by atoms with E-state index < -0.39 is 0 Å². The van der Waals surface area contributed by atoms with Crippen LogP contribution < -0.4 is 9.64 Å². The first kappa shape index (κ1) is 20.2. The molecule has 2 aromatic carbocycles. The molecule has 2 amide bonds. The van der Waals surface area contributed by atoms with E-state index >= 15 is 0 Å². The quantitative estimate of drug-likeness (QED) is 0.716. The van der Waals surface area contributed by atoms with Crippen LogP contribution in [0.5, 0.6) is 5.75 Å². The summed E-state index contributed by atoms with van der Waals surface area (Å²) >= 11 is 0. The van der Waals surface area contributed by atoms with E-state index in [2.05, 4.69) is 23.8 Å². The van der Waals surface area contributed by atoms with Crippen LogP contribution in [0.1, 0.15) is 18.1 Å². The highest BCUT2D eigenvalue weighted by molar-refractivity contribution is 6.45. The van der Waals surface area contributed by atoms with Crippen molar-refractivity contribution in [3.05, 3.63) is 65.4 Å². The van der Waals surface area contributed by atoms with Crippen molar-refractivity contribution < 1.29 is 14.3 Å². The SMILES string of the molecule is CCc1ccc(N2C(=O)C(c3ccc(OC)cc3)=C(N3CCN(C)CC3)C2=O)cc1. The van der Waals surface area contributed by atoms with E-state index in [1.54, 1.807) is 7.11 Å². The highest BCUT2D eigenvalue weighted by atomic mass is 16.5. The molecule has 2 aromatic rings. The van der Waals surface area contributed by atoms with Crippen LogP contribution in [-0.2, 0) is 16.0 Å². The van der Waals surface area contributed by atoms with Crippen molar-refractivity contribution in [3.8, 4) is 5.75 Å². The number of benzene rings is 2.